The van der Waals surface area contributed by atoms with E-state index in [0.29, 0.717) is 18.7 Å². The number of rotatable bonds is 6. The second-order valence-electron chi connectivity index (χ2n) is 7.21. The van der Waals surface area contributed by atoms with Crippen LogP contribution in [0.2, 0.25) is 0 Å². The van der Waals surface area contributed by atoms with Crippen LogP contribution in [-0.4, -0.2) is 59.7 Å². The fourth-order valence-corrected chi connectivity index (χ4v) is 4.39. The van der Waals surface area contributed by atoms with Crippen LogP contribution in [0.15, 0.2) is 83.0 Å². The number of nitrogens with zero attached hydrogens (tertiary/aromatic N) is 5. The van der Waals surface area contributed by atoms with Crippen LogP contribution >= 0.6 is 11.8 Å². The summed E-state index contributed by atoms with van der Waals surface area (Å²) in [6, 6.07) is 16.7. The Hall–Kier alpha value is -3.32. The minimum Gasteiger partial charge on any atom is -0.368 e. The first-order valence-electron chi connectivity index (χ1n) is 10.1. The lowest BCUT2D eigenvalue weighted by atomic mass is 10.1. The van der Waals surface area contributed by atoms with Gasteiger partial charge in [0, 0.05) is 43.5 Å². The Bertz CT molecular complexity index is 1140. The molecule has 1 fully saturated rings. The number of para-hydroxylation sites is 1. The molecule has 31 heavy (non-hydrogen) atoms. The van der Waals surface area contributed by atoms with Crippen molar-refractivity contribution in [2.24, 2.45) is 4.99 Å². The highest BCUT2D eigenvalue weighted by atomic mass is 32.2. The Labute approximate surface area is 186 Å². The molecule has 3 aromatic rings. The smallest absolute Gasteiger partial charge is 0.255 e. The summed E-state index contributed by atoms with van der Waals surface area (Å²) in [7, 11) is 0. The van der Waals surface area contributed by atoms with Crippen LogP contribution in [0.5, 0.6) is 0 Å². The summed E-state index contributed by atoms with van der Waals surface area (Å²) in [5.74, 6) is -0.0516. The topological polar surface area (TPSA) is 53.7 Å². The van der Waals surface area contributed by atoms with Gasteiger partial charge in [-0.25, -0.2) is 4.68 Å². The van der Waals surface area contributed by atoms with Crippen molar-refractivity contribution >= 4 is 41.0 Å². The van der Waals surface area contributed by atoms with Crippen LogP contribution in [0.4, 0.5) is 5.69 Å². The summed E-state index contributed by atoms with van der Waals surface area (Å²) in [4.78, 5) is 20.5. The van der Waals surface area contributed by atoms with Crippen molar-refractivity contribution in [1.82, 2.24) is 14.7 Å². The number of fused-ring (bicyclic) bond motifs is 1. The second-order valence-corrected chi connectivity index (χ2v) is 8.00. The Morgan fingerprint density at radius 1 is 1.10 bits per heavy atom. The quantitative estimate of drug-likeness (QED) is 0.254. The van der Waals surface area contributed by atoms with Crippen molar-refractivity contribution < 1.29 is 4.79 Å². The molecule has 1 aliphatic heterocycles. The highest BCUT2D eigenvalue weighted by Gasteiger charge is 2.23. The predicted molar refractivity (Wildman–Crippen MR) is 129 cm³/mol. The molecule has 0 bridgehead atoms. The number of carbonyl (C=O) groups is 1. The minimum absolute atomic E-state index is 0.0516. The van der Waals surface area contributed by atoms with E-state index in [9.17, 15) is 4.79 Å². The van der Waals surface area contributed by atoms with Gasteiger partial charge in [-0.05, 0) is 43.3 Å². The van der Waals surface area contributed by atoms with Crippen LogP contribution in [0.3, 0.4) is 0 Å². The molecule has 158 valence electrons. The second kappa shape index (κ2) is 9.22. The number of carbonyl (C=O) groups excluding carboxylic acids is 1. The average molecular weight is 432 g/mol. The van der Waals surface area contributed by atoms with E-state index in [1.807, 2.05) is 27.8 Å². The van der Waals surface area contributed by atoms with Gasteiger partial charge >= 0.3 is 0 Å². The van der Waals surface area contributed by atoms with Crippen LogP contribution in [0.1, 0.15) is 0 Å². The van der Waals surface area contributed by atoms with Crippen molar-refractivity contribution in [2.75, 3.05) is 37.3 Å². The first-order chi connectivity index (χ1) is 15.2. The van der Waals surface area contributed by atoms with Crippen molar-refractivity contribution in [3.8, 4) is 5.69 Å². The van der Waals surface area contributed by atoms with Gasteiger partial charge in [0.2, 0.25) is 0 Å². The number of aliphatic imine (C=N–C) groups is 1. The molecule has 1 aromatic heterocycles. The zero-order chi connectivity index (χ0) is 21.8. The molecule has 0 aliphatic carbocycles. The van der Waals surface area contributed by atoms with Gasteiger partial charge in [-0.15, -0.1) is 11.8 Å². The molecule has 0 N–H and O–H groups in total. The summed E-state index contributed by atoms with van der Waals surface area (Å²) in [5.41, 5.74) is 3.73. The standard InChI is InChI=1S/C24H25N5OS/c1-4-18(17-25-2)24(30)28-14-12-27(13-15-28)20-10-11-21-22(16-20)29(26-23(21)31-3)19-8-6-5-7-9-19/h4-11,16-17H,1-2,12-15H2,3H3/b18-17+. The maximum Gasteiger partial charge on any atom is 0.255 e. The molecule has 0 spiro atoms. The summed E-state index contributed by atoms with van der Waals surface area (Å²) in [6.07, 6.45) is 5.05. The van der Waals surface area contributed by atoms with Gasteiger partial charge in [-0.1, -0.05) is 30.9 Å². The highest BCUT2D eigenvalue weighted by Crippen LogP contribution is 2.31. The van der Waals surface area contributed by atoms with Crippen LogP contribution in [0.25, 0.3) is 16.6 Å². The predicted octanol–water partition coefficient (Wildman–Crippen LogP) is 4.17. The molecule has 1 saturated heterocycles. The first-order valence-corrected chi connectivity index (χ1v) is 11.3. The molecule has 2 heterocycles. The lowest BCUT2D eigenvalue weighted by Crippen LogP contribution is -2.49. The number of piperazine rings is 1. The van der Waals surface area contributed by atoms with Crippen LogP contribution in [-0.2, 0) is 4.79 Å². The van der Waals surface area contributed by atoms with E-state index in [-0.39, 0.29) is 5.91 Å². The minimum atomic E-state index is -0.0516. The summed E-state index contributed by atoms with van der Waals surface area (Å²) >= 11 is 1.65. The number of hydrogen-bond donors (Lipinski definition) is 0. The molecule has 1 aliphatic rings. The van der Waals surface area contributed by atoms with Crippen LogP contribution < -0.4 is 4.90 Å². The SMILES string of the molecule is C=C/C(=C\N=C)C(=O)N1CCN(c2ccc3c(SC)nn(-c4ccccc4)c3c2)CC1. The number of amides is 1. The van der Waals surface area contributed by atoms with Gasteiger partial charge in [-0.2, -0.15) is 5.10 Å². The molecule has 7 heteroatoms. The number of thioether (sulfide) groups is 1. The van der Waals surface area contributed by atoms with Gasteiger partial charge in [0.15, 0.2) is 0 Å². The molecule has 0 radical (unpaired) electrons. The Morgan fingerprint density at radius 2 is 1.84 bits per heavy atom. The first kappa shape index (κ1) is 20.9. The third-order valence-electron chi connectivity index (χ3n) is 5.45. The van der Waals surface area contributed by atoms with Gasteiger partial charge in [0.1, 0.15) is 5.03 Å². The van der Waals surface area contributed by atoms with E-state index in [1.54, 1.807) is 11.8 Å². The molecule has 0 unspecified atom stereocenters. The van der Waals surface area contributed by atoms with Gasteiger partial charge in [0.05, 0.1) is 16.8 Å². The largest absolute Gasteiger partial charge is 0.368 e. The van der Waals surface area contributed by atoms with Crippen molar-refractivity contribution in [3.05, 3.63) is 73.0 Å². The molecule has 2 aromatic carbocycles. The monoisotopic (exact) mass is 431 g/mol. The summed E-state index contributed by atoms with van der Waals surface area (Å²) < 4.78 is 2.01. The normalized spacial score (nSPS) is 14.7. The van der Waals surface area contributed by atoms with Crippen molar-refractivity contribution in [1.29, 1.82) is 0 Å². The third kappa shape index (κ3) is 4.14. The number of aromatic nitrogens is 2. The molecular weight excluding hydrogens is 406 g/mol. The molecule has 6 nitrogen and oxygen atoms in total. The van der Waals surface area contributed by atoms with Crippen molar-refractivity contribution in [2.45, 2.75) is 5.03 Å². The zero-order valence-corrected chi connectivity index (χ0v) is 18.4. The molecule has 4 rings (SSSR count). The van der Waals surface area contributed by atoms with Crippen LogP contribution in [0, 0.1) is 0 Å². The molecule has 0 atom stereocenters. The van der Waals surface area contributed by atoms with Gasteiger partial charge in [0.25, 0.3) is 5.91 Å². The van der Waals surface area contributed by atoms with E-state index in [1.165, 1.54) is 12.3 Å². The fourth-order valence-electron chi connectivity index (χ4n) is 3.83. The zero-order valence-electron chi connectivity index (χ0n) is 17.6. The Morgan fingerprint density at radius 3 is 2.48 bits per heavy atom. The van der Waals surface area contributed by atoms with Gasteiger partial charge < -0.3 is 9.80 Å². The van der Waals surface area contributed by atoms with Gasteiger partial charge in [-0.3, -0.25) is 9.79 Å². The third-order valence-corrected chi connectivity index (χ3v) is 6.14. The lowest BCUT2D eigenvalue weighted by Gasteiger charge is -2.36. The highest BCUT2D eigenvalue weighted by molar-refractivity contribution is 7.98. The Kier molecular flexibility index (Phi) is 6.23. The molecule has 1 amide bonds. The molecule has 0 saturated carbocycles. The maximum absolute atomic E-state index is 12.6. The fraction of sp³-hybridized carbons (Fsp3) is 0.208. The maximum atomic E-state index is 12.6. The van der Waals surface area contributed by atoms with E-state index >= 15 is 0 Å². The van der Waals surface area contributed by atoms with E-state index in [0.717, 1.165) is 40.4 Å². The number of hydrogen-bond acceptors (Lipinski definition) is 5. The lowest BCUT2D eigenvalue weighted by molar-refractivity contribution is -0.127. The van der Waals surface area contributed by atoms with E-state index in [4.69, 9.17) is 5.10 Å². The Balaban J connectivity index is 1.59. The number of benzene rings is 2. The average Bonchev–Trinajstić information content (AvgIpc) is 3.21. The summed E-state index contributed by atoms with van der Waals surface area (Å²) in [5, 5.41) is 6.98. The molecular formula is C24H25N5OS. The number of anilines is 1. The van der Waals surface area contributed by atoms with E-state index in [2.05, 4.69) is 59.8 Å². The van der Waals surface area contributed by atoms with Crippen molar-refractivity contribution in [3.63, 3.8) is 0 Å². The van der Waals surface area contributed by atoms with E-state index < -0.39 is 0 Å². The summed E-state index contributed by atoms with van der Waals surface area (Å²) in [6.45, 7) is 9.95.